The predicted octanol–water partition coefficient (Wildman–Crippen LogP) is 1.80. The fourth-order valence-electron chi connectivity index (χ4n) is 3.73. The Morgan fingerprint density at radius 2 is 1.95 bits per heavy atom. The summed E-state index contributed by atoms with van der Waals surface area (Å²) in [6, 6.07) is 5.23. The molecule has 192 valence electrons. The summed E-state index contributed by atoms with van der Waals surface area (Å²) in [7, 11) is 0. The molecule has 0 spiro atoms. The van der Waals surface area contributed by atoms with Gasteiger partial charge in [0.1, 0.15) is 6.04 Å². The largest absolute Gasteiger partial charge is 0.480 e. The predicted molar refractivity (Wildman–Crippen MR) is 136 cm³/mol. The number of nitrogens with one attached hydrogen (secondary N) is 3. The molecular weight excluding hydrogens is 478 g/mol. The van der Waals surface area contributed by atoms with Crippen LogP contribution in [0, 0.1) is 5.92 Å². The summed E-state index contributed by atoms with van der Waals surface area (Å²) in [6.07, 6.45) is 8.25. The van der Waals surface area contributed by atoms with E-state index in [9.17, 15) is 24.3 Å². The molecular formula is C25H27N7O5. The van der Waals surface area contributed by atoms with Crippen LogP contribution in [0.1, 0.15) is 48.2 Å². The number of anilines is 2. The molecule has 3 aromatic rings. The molecule has 1 saturated carbocycles. The van der Waals surface area contributed by atoms with E-state index in [1.165, 1.54) is 18.7 Å². The van der Waals surface area contributed by atoms with Crippen LogP contribution in [-0.2, 0) is 16.1 Å². The fraction of sp³-hybridized carbons (Fsp3) is 0.320. The third-order valence-corrected chi connectivity index (χ3v) is 6.09. The zero-order valence-electron chi connectivity index (χ0n) is 19.9. The number of fused-ring (bicyclic) bond motifs is 1. The number of amides is 1. The van der Waals surface area contributed by atoms with Crippen LogP contribution in [0.25, 0.3) is 11.2 Å². The summed E-state index contributed by atoms with van der Waals surface area (Å²) in [5.41, 5.74) is 6.67. The lowest BCUT2D eigenvalue weighted by Crippen LogP contribution is -2.41. The van der Waals surface area contributed by atoms with E-state index in [2.05, 4.69) is 30.6 Å². The number of aromatic nitrogens is 4. The zero-order valence-corrected chi connectivity index (χ0v) is 19.9. The van der Waals surface area contributed by atoms with E-state index in [-0.39, 0.29) is 47.8 Å². The van der Waals surface area contributed by atoms with Crippen molar-refractivity contribution in [2.24, 2.45) is 5.92 Å². The molecule has 0 unspecified atom stereocenters. The first kappa shape index (κ1) is 25.5. The average molecular weight is 506 g/mol. The van der Waals surface area contributed by atoms with Crippen molar-refractivity contribution in [3.8, 4) is 0 Å². The number of H-pyrrole nitrogens is 1. The number of benzene rings is 1. The first-order valence-corrected chi connectivity index (χ1v) is 11.9. The highest BCUT2D eigenvalue weighted by atomic mass is 16.4. The highest BCUT2D eigenvalue weighted by Gasteiger charge is 2.22. The minimum Gasteiger partial charge on any atom is -0.480 e. The SMILES string of the molecule is Nc1nc2ncc(CNc3ccc(C(=O)N[C@@H](CCC(=O)/C=C\C4CCC4)C(=O)O)cc3)nc2c(=O)[nH]1. The number of carbonyl (C=O) groups excluding carboxylic acids is 2. The van der Waals surface area contributed by atoms with Gasteiger partial charge in [0.05, 0.1) is 18.4 Å². The molecule has 0 bridgehead atoms. The zero-order chi connectivity index (χ0) is 26.4. The minimum atomic E-state index is -1.20. The number of allylic oxidation sites excluding steroid dienone is 2. The molecule has 12 nitrogen and oxygen atoms in total. The van der Waals surface area contributed by atoms with E-state index in [4.69, 9.17) is 5.73 Å². The van der Waals surface area contributed by atoms with Crippen molar-refractivity contribution in [2.45, 2.75) is 44.7 Å². The van der Waals surface area contributed by atoms with Crippen LogP contribution >= 0.6 is 0 Å². The van der Waals surface area contributed by atoms with Crippen molar-refractivity contribution in [2.75, 3.05) is 11.1 Å². The van der Waals surface area contributed by atoms with Crippen LogP contribution in [-0.4, -0.2) is 48.7 Å². The molecule has 12 heteroatoms. The quantitative estimate of drug-likeness (QED) is 0.240. The van der Waals surface area contributed by atoms with E-state index >= 15 is 0 Å². The smallest absolute Gasteiger partial charge is 0.326 e. The number of aromatic amines is 1. The minimum absolute atomic E-state index is 0.00624. The van der Waals surface area contributed by atoms with E-state index < -0.39 is 23.5 Å². The van der Waals surface area contributed by atoms with Crippen molar-refractivity contribution in [1.82, 2.24) is 25.3 Å². The number of hydrogen-bond acceptors (Lipinski definition) is 9. The molecule has 0 aliphatic heterocycles. The lowest BCUT2D eigenvalue weighted by atomic mass is 9.85. The molecule has 1 fully saturated rings. The second-order valence-electron chi connectivity index (χ2n) is 8.83. The van der Waals surface area contributed by atoms with E-state index in [0.717, 1.165) is 12.8 Å². The number of carboxylic acid groups (broad SMARTS) is 1. The third-order valence-electron chi connectivity index (χ3n) is 6.09. The molecule has 0 saturated heterocycles. The maximum Gasteiger partial charge on any atom is 0.326 e. The lowest BCUT2D eigenvalue weighted by Gasteiger charge is -2.21. The van der Waals surface area contributed by atoms with E-state index in [1.54, 1.807) is 24.3 Å². The summed E-state index contributed by atoms with van der Waals surface area (Å²) in [6.45, 7) is 0.253. The molecule has 4 rings (SSSR count). The fourth-order valence-corrected chi connectivity index (χ4v) is 3.73. The van der Waals surface area contributed by atoms with Crippen LogP contribution in [0.2, 0.25) is 0 Å². The van der Waals surface area contributed by atoms with Crippen LogP contribution in [0.4, 0.5) is 11.6 Å². The second kappa shape index (κ2) is 11.4. The Morgan fingerprint density at radius 1 is 1.19 bits per heavy atom. The molecule has 1 atom stereocenters. The molecule has 37 heavy (non-hydrogen) atoms. The van der Waals surface area contributed by atoms with Crippen molar-refractivity contribution >= 4 is 40.5 Å². The number of carboxylic acids is 1. The molecule has 1 amide bonds. The standard InChI is InChI=1S/C25H27N7O5/c26-25-31-21-20(23(35)32-25)29-17(13-28-21)12-27-16-7-5-15(6-8-16)22(34)30-19(24(36)37)11-10-18(33)9-4-14-2-1-3-14/h4-9,13-14,19,27H,1-3,10-12H2,(H,30,34)(H,36,37)(H3,26,28,31,32,35)/b9-4-/t19-/m0/s1. The van der Waals surface area contributed by atoms with Crippen molar-refractivity contribution in [3.05, 3.63) is 64.2 Å². The summed E-state index contributed by atoms with van der Waals surface area (Å²) < 4.78 is 0. The second-order valence-corrected chi connectivity index (χ2v) is 8.83. The number of ketones is 1. The summed E-state index contributed by atoms with van der Waals surface area (Å²) in [5, 5.41) is 15.1. The Kier molecular flexibility index (Phi) is 7.86. The van der Waals surface area contributed by atoms with Gasteiger partial charge in [0, 0.05) is 17.7 Å². The van der Waals surface area contributed by atoms with Crippen LogP contribution in [0.3, 0.4) is 0 Å². The van der Waals surface area contributed by atoms with Gasteiger partial charge in [-0.1, -0.05) is 12.5 Å². The summed E-state index contributed by atoms with van der Waals surface area (Å²) >= 11 is 0. The molecule has 0 radical (unpaired) electrons. The number of rotatable bonds is 11. The van der Waals surface area contributed by atoms with Gasteiger partial charge in [-0.15, -0.1) is 0 Å². The molecule has 1 aromatic carbocycles. The third kappa shape index (κ3) is 6.75. The van der Waals surface area contributed by atoms with E-state index in [0.29, 0.717) is 17.3 Å². The molecule has 2 heterocycles. The van der Waals surface area contributed by atoms with Gasteiger partial charge in [-0.05, 0) is 55.5 Å². The van der Waals surface area contributed by atoms with Crippen LogP contribution in [0.15, 0.2) is 47.4 Å². The highest BCUT2D eigenvalue weighted by Crippen LogP contribution is 2.27. The lowest BCUT2D eigenvalue weighted by molar-refractivity contribution is -0.139. The Labute approximate surface area is 211 Å². The molecule has 6 N–H and O–H groups in total. The number of aliphatic carboxylic acids is 1. The van der Waals surface area contributed by atoms with Gasteiger partial charge in [0.25, 0.3) is 11.5 Å². The Bertz CT molecular complexity index is 1400. The summed E-state index contributed by atoms with van der Waals surface area (Å²) in [4.78, 5) is 62.9. The number of carbonyl (C=O) groups is 3. The summed E-state index contributed by atoms with van der Waals surface area (Å²) in [5.74, 6) is -1.50. The van der Waals surface area contributed by atoms with Gasteiger partial charge in [0.15, 0.2) is 16.9 Å². The molecule has 1 aliphatic carbocycles. The Hall–Kier alpha value is -4.61. The van der Waals surface area contributed by atoms with Gasteiger partial charge < -0.3 is 21.5 Å². The molecule has 1 aliphatic rings. The van der Waals surface area contributed by atoms with Crippen molar-refractivity contribution < 1.29 is 19.5 Å². The van der Waals surface area contributed by atoms with Crippen molar-refractivity contribution in [1.29, 1.82) is 0 Å². The van der Waals surface area contributed by atoms with Crippen LogP contribution in [0.5, 0.6) is 0 Å². The monoisotopic (exact) mass is 505 g/mol. The first-order chi connectivity index (χ1) is 17.8. The number of hydrogen-bond donors (Lipinski definition) is 5. The van der Waals surface area contributed by atoms with Gasteiger partial charge in [-0.2, -0.15) is 4.98 Å². The normalized spacial score (nSPS) is 14.3. The maximum absolute atomic E-state index is 12.6. The van der Waals surface area contributed by atoms with Gasteiger partial charge in [-0.25, -0.2) is 14.8 Å². The molecule has 2 aromatic heterocycles. The Morgan fingerprint density at radius 3 is 2.62 bits per heavy atom. The number of nitrogens with two attached hydrogens (primary N) is 1. The van der Waals surface area contributed by atoms with Crippen molar-refractivity contribution in [3.63, 3.8) is 0 Å². The highest BCUT2D eigenvalue weighted by molar-refractivity contribution is 5.97. The average Bonchev–Trinajstić information content (AvgIpc) is 2.84. The number of nitrogens with zero attached hydrogens (tertiary/aromatic N) is 3. The first-order valence-electron chi connectivity index (χ1n) is 11.9. The van der Waals surface area contributed by atoms with Crippen LogP contribution < -0.4 is 21.9 Å². The Balaban J connectivity index is 1.30. The topological polar surface area (TPSA) is 193 Å². The van der Waals surface area contributed by atoms with Gasteiger partial charge >= 0.3 is 5.97 Å². The van der Waals surface area contributed by atoms with Gasteiger partial charge in [-0.3, -0.25) is 19.4 Å². The van der Waals surface area contributed by atoms with E-state index in [1.807, 2.05) is 6.08 Å². The maximum atomic E-state index is 12.6. The number of nitrogen functional groups attached to an aromatic ring is 1. The van der Waals surface area contributed by atoms with Gasteiger partial charge in [0.2, 0.25) is 5.95 Å².